The van der Waals surface area contributed by atoms with Crippen LogP contribution < -0.4 is 5.30 Å². The number of hydrogen-bond donors (Lipinski definition) is 0. The molecule has 0 heterocycles. The molecular weight excluding hydrogens is 583 g/mol. The van der Waals surface area contributed by atoms with Crippen molar-refractivity contribution >= 4 is 12.9 Å². The molecule has 0 amide bonds. The summed E-state index contributed by atoms with van der Waals surface area (Å²) in [6, 6.07) is 9.60. The lowest BCUT2D eigenvalue weighted by Gasteiger charge is -2.19. The molecule has 0 spiro atoms. The van der Waals surface area contributed by atoms with Crippen LogP contribution in [0.4, 0.5) is 0 Å². The molecule has 0 saturated carbocycles. The first kappa shape index (κ1) is 43.4. The monoisotopic (exact) mass is 663 g/mol. The Balaban J connectivity index is 2.01. The normalized spacial score (nSPS) is 11.9. The minimum absolute atomic E-state index is 0.517. The average molecular weight is 663 g/mol. The summed E-state index contributed by atoms with van der Waals surface area (Å²) < 4.78 is 25.7. The molecule has 46 heavy (non-hydrogen) atoms. The van der Waals surface area contributed by atoms with Gasteiger partial charge >= 0.3 is 7.60 Å². The minimum Gasteiger partial charge on any atom is -0.305 e. The molecule has 270 valence electrons. The molecule has 3 nitrogen and oxygen atoms in total. The number of unbranched alkanes of at least 4 members (excludes halogenated alkanes) is 30. The fourth-order valence-corrected chi connectivity index (χ4v) is 8.12. The predicted octanol–water partition coefficient (Wildman–Crippen LogP) is 15.1. The number of hydrogen-bond acceptors (Lipinski definition) is 3. The lowest BCUT2D eigenvalue weighted by molar-refractivity contribution is 0.206. The van der Waals surface area contributed by atoms with Gasteiger partial charge in [0.05, 0.1) is 18.5 Å². The van der Waals surface area contributed by atoms with Crippen LogP contribution in [-0.4, -0.2) is 13.2 Å². The molecule has 0 bridgehead atoms. The standard InChI is InChI=1S/C42H79O3P/c1-3-5-7-9-11-13-15-17-19-21-23-25-27-29-31-36-40-44-46(43,42-38-34-33-35-39-42)45-41-37-32-30-28-26-24-22-20-18-16-14-12-10-8-6-4-2/h33-35,38-39H,3-32,36-37,40-41H2,1-2H3. The van der Waals surface area contributed by atoms with Gasteiger partial charge in [-0.05, 0) is 25.0 Å². The molecule has 0 fully saturated rings. The van der Waals surface area contributed by atoms with Crippen LogP contribution in [0.1, 0.15) is 219 Å². The van der Waals surface area contributed by atoms with Gasteiger partial charge in [0.2, 0.25) is 0 Å². The topological polar surface area (TPSA) is 35.5 Å². The van der Waals surface area contributed by atoms with Gasteiger partial charge < -0.3 is 9.05 Å². The molecule has 1 aromatic carbocycles. The van der Waals surface area contributed by atoms with E-state index in [9.17, 15) is 4.57 Å². The molecule has 1 aromatic rings. The van der Waals surface area contributed by atoms with Crippen LogP contribution in [0.3, 0.4) is 0 Å². The Hall–Kier alpha value is -0.630. The van der Waals surface area contributed by atoms with E-state index in [1.54, 1.807) is 0 Å². The van der Waals surface area contributed by atoms with Crippen molar-refractivity contribution < 1.29 is 13.6 Å². The van der Waals surface area contributed by atoms with Crippen molar-refractivity contribution in [1.82, 2.24) is 0 Å². The maximum atomic E-state index is 13.7. The van der Waals surface area contributed by atoms with Crippen LogP contribution in [0.2, 0.25) is 0 Å². The molecule has 1 rings (SSSR count). The Kier molecular flexibility index (Phi) is 32.3. The maximum Gasteiger partial charge on any atom is 0.361 e. The molecule has 0 atom stereocenters. The quantitative estimate of drug-likeness (QED) is 0.0525. The van der Waals surface area contributed by atoms with Gasteiger partial charge in [0, 0.05) is 0 Å². The summed E-state index contributed by atoms with van der Waals surface area (Å²) >= 11 is 0. The summed E-state index contributed by atoms with van der Waals surface area (Å²) in [5, 5.41) is 0.697. The van der Waals surface area contributed by atoms with Gasteiger partial charge in [-0.2, -0.15) is 0 Å². The van der Waals surface area contributed by atoms with Crippen molar-refractivity contribution in [3.8, 4) is 0 Å². The first-order valence-electron chi connectivity index (χ1n) is 20.7. The predicted molar refractivity (Wildman–Crippen MR) is 205 cm³/mol. The first-order chi connectivity index (χ1) is 22.7. The fraction of sp³-hybridized carbons (Fsp3) is 0.857. The van der Waals surface area contributed by atoms with Crippen molar-refractivity contribution in [2.75, 3.05) is 13.2 Å². The number of benzene rings is 1. The third kappa shape index (κ3) is 27.3. The second-order valence-corrected chi connectivity index (χ2v) is 16.1. The van der Waals surface area contributed by atoms with Gasteiger partial charge in [-0.25, -0.2) is 0 Å². The smallest absolute Gasteiger partial charge is 0.305 e. The largest absolute Gasteiger partial charge is 0.361 e. The van der Waals surface area contributed by atoms with Gasteiger partial charge in [-0.3, -0.25) is 4.57 Å². The highest BCUT2D eigenvalue weighted by molar-refractivity contribution is 7.62. The summed E-state index contributed by atoms with van der Waals surface area (Å²) in [6.45, 7) is 5.62. The van der Waals surface area contributed by atoms with E-state index in [1.807, 2.05) is 30.3 Å². The summed E-state index contributed by atoms with van der Waals surface area (Å²) in [4.78, 5) is 0. The van der Waals surface area contributed by atoms with E-state index in [2.05, 4.69) is 13.8 Å². The zero-order valence-corrected chi connectivity index (χ0v) is 32.0. The number of rotatable bonds is 37. The van der Waals surface area contributed by atoms with Gasteiger partial charge in [0.15, 0.2) is 0 Å². The van der Waals surface area contributed by atoms with Gasteiger partial charge in [0.1, 0.15) is 0 Å². The van der Waals surface area contributed by atoms with Crippen molar-refractivity contribution in [3.63, 3.8) is 0 Å². The van der Waals surface area contributed by atoms with Gasteiger partial charge in [-0.15, -0.1) is 0 Å². The zero-order valence-electron chi connectivity index (χ0n) is 31.1. The highest BCUT2D eigenvalue weighted by atomic mass is 31.2. The van der Waals surface area contributed by atoms with Gasteiger partial charge in [0.25, 0.3) is 0 Å². The molecule has 0 N–H and O–H groups in total. The summed E-state index contributed by atoms with van der Waals surface area (Å²) in [6.07, 6.45) is 43.1. The van der Waals surface area contributed by atoms with E-state index in [0.29, 0.717) is 18.5 Å². The Morgan fingerprint density at radius 3 is 0.870 bits per heavy atom. The van der Waals surface area contributed by atoms with Crippen molar-refractivity contribution in [2.45, 2.75) is 219 Å². The Morgan fingerprint density at radius 2 is 0.609 bits per heavy atom. The van der Waals surface area contributed by atoms with Crippen LogP contribution in [-0.2, 0) is 13.6 Å². The highest BCUT2D eigenvalue weighted by Crippen LogP contribution is 2.47. The third-order valence-electron chi connectivity index (χ3n) is 9.59. The van der Waals surface area contributed by atoms with Crippen LogP contribution in [0.25, 0.3) is 0 Å². The SMILES string of the molecule is CCCCCCCCCCCCCCCCCCOP(=O)(OCCCCCCCCCCCCCCCCCC)c1ccccc1. The second-order valence-electron chi connectivity index (χ2n) is 14.1. The van der Waals surface area contributed by atoms with Crippen LogP contribution in [0.5, 0.6) is 0 Å². The van der Waals surface area contributed by atoms with E-state index in [4.69, 9.17) is 9.05 Å². The van der Waals surface area contributed by atoms with Crippen molar-refractivity contribution in [2.24, 2.45) is 0 Å². The molecule has 0 radical (unpaired) electrons. The molecule has 0 aromatic heterocycles. The maximum absolute atomic E-state index is 13.7. The second kappa shape index (κ2) is 34.2. The molecule has 0 aliphatic rings. The Bertz CT molecular complexity index is 725. The van der Waals surface area contributed by atoms with E-state index in [-0.39, 0.29) is 0 Å². The van der Waals surface area contributed by atoms with E-state index in [0.717, 1.165) is 25.7 Å². The third-order valence-corrected chi connectivity index (χ3v) is 11.6. The van der Waals surface area contributed by atoms with Crippen LogP contribution in [0.15, 0.2) is 30.3 Å². The average Bonchev–Trinajstić information content (AvgIpc) is 3.08. The van der Waals surface area contributed by atoms with Gasteiger partial charge in [-0.1, -0.05) is 225 Å². The van der Waals surface area contributed by atoms with E-state index >= 15 is 0 Å². The fourth-order valence-electron chi connectivity index (χ4n) is 6.47. The molecule has 0 aliphatic heterocycles. The van der Waals surface area contributed by atoms with E-state index in [1.165, 1.54) is 180 Å². The lowest BCUT2D eigenvalue weighted by Crippen LogP contribution is -2.11. The zero-order chi connectivity index (χ0) is 33.1. The molecular formula is C42H79O3P. The Labute approximate surface area is 288 Å². The molecule has 0 aliphatic carbocycles. The summed E-state index contributed by atoms with van der Waals surface area (Å²) in [5.41, 5.74) is 0. The molecule has 4 heteroatoms. The summed E-state index contributed by atoms with van der Waals surface area (Å²) in [7, 11) is -3.25. The lowest BCUT2D eigenvalue weighted by atomic mass is 10.0. The van der Waals surface area contributed by atoms with Crippen LogP contribution in [0, 0.1) is 0 Å². The van der Waals surface area contributed by atoms with E-state index < -0.39 is 7.60 Å². The summed E-state index contributed by atoms with van der Waals surface area (Å²) in [5.74, 6) is 0. The minimum atomic E-state index is -3.25. The first-order valence-corrected chi connectivity index (χ1v) is 22.2. The molecule has 0 unspecified atom stereocenters. The van der Waals surface area contributed by atoms with Crippen molar-refractivity contribution in [1.29, 1.82) is 0 Å². The van der Waals surface area contributed by atoms with Crippen molar-refractivity contribution in [3.05, 3.63) is 30.3 Å². The molecule has 0 saturated heterocycles. The highest BCUT2D eigenvalue weighted by Gasteiger charge is 2.27. The van der Waals surface area contributed by atoms with Crippen LogP contribution >= 0.6 is 7.60 Å². The Morgan fingerprint density at radius 1 is 0.370 bits per heavy atom.